The molecule has 0 amide bonds. The molecule has 1 heterocycles. The molecule has 32 heavy (non-hydrogen) atoms. The number of ether oxygens (including phenoxy) is 3. The maximum atomic E-state index is 5.66. The molecule has 1 atom stereocenters. The number of nitrogens with one attached hydrogen (secondary N) is 3. The highest BCUT2D eigenvalue weighted by molar-refractivity contribution is 5.79. The fourth-order valence-electron chi connectivity index (χ4n) is 3.78. The predicted octanol–water partition coefficient (Wildman–Crippen LogP) is 3.27. The molecule has 1 aliphatic rings. The second-order valence-electron chi connectivity index (χ2n) is 8.37. The van der Waals surface area contributed by atoms with Crippen LogP contribution in [0.2, 0.25) is 0 Å². The summed E-state index contributed by atoms with van der Waals surface area (Å²) in [7, 11) is 0. The highest BCUT2D eigenvalue weighted by Crippen LogP contribution is 2.26. The van der Waals surface area contributed by atoms with Crippen LogP contribution < -0.4 is 16.0 Å². The van der Waals surface area contributed by atoms with Crippen LogP contribution in [0.1, 0.15) is 58.1 Å². The summed E-state index contributed by atoms with van der Waals surface area (Å²) in [6.45, 7) is 13.0. The van der Waals surface area contributed by atoms with Crippen molar-refractivity contribution >= 4 is 5.96 Å². The van der Waals surface area contributed by atoms with Gasteiger partial charge in [-0.25, -0.2) is 0 Å². The Morgan fingerprint density at radius 2 is 1.75 bits per heavy atom. The van der Waals surface area contributed by atoms with Crippen molar-refractivity contribution in [2.75, 3.05) is 59.3 Å². The van der Waals surface area contributed by atoms with Gasteiger partial charge in [-0.2, -0.15) is 0 Å². The molecule has 0 spiro atoms. The first kappa shape index (κ1) is 26.6. The number of guanidine groups is 1. The van der Waals surface area contributed by atoms with E-state index in [0.717, 1.165) is 58.0 Å². The molecule has 0 aromatic heterocycles. The fraction of sp³-hybridized carbons (Fsp3) is 0.720. The number of hydrogen-bond donors (Lipinski definition) is 3. The first-order chi connectivity index (χ1) is 15.7. The molecule has 182 valence electrons. The third-order valence-electron chi connectivity index (χ3n) is 5.71. The van der Waals surface area contributed by atoms with Gasteiger partial charge in [0.2, 0.25) is 0 Å². The molecule has 1 aliphatic heterocycles. The monoisotopic (exact) mass is 448 g/mol. The number of rotatable bonds is 15. The molecule has 2 rings (SSSR count). The molecule has 1 unspecified atom stereocenters. The summed E-state index contributed by atoms with van der Waals surface area (Å²) in [6, 6.07) is 10.8. The zero-order chi connectivity index (χ0) is 22.9. The number of unbranched alkanes of at least 4 members (excludes halogenated alkanes) is 1. The molecular weight excluding hydrogens is 404 g/mol. The summed E-state index contributed by atoms with van der Waals surface area (Å²) in [5.74, 6) is 0.829. The molecule has 0 aliphatic carbocycles. The lowest BCUT2D eigenvalue weighted by Gasteiger charge is -2.39. The van der Waals surface area contributed by atoms with Gasteiger partial charge in [0.15, 0.2) is 5.96 Å². The van der Waals surface area contributed by atoms with E-state index in [0.29, 0.717) is 32.9 Å². The van der Waals surface area contributed by atoms with Crippen LogP contribution in [0.4, 0.5) is 0 Å². The van der Waals surface area contributed by atoms with Crippen LogP contribution >= 0.6 is 0 Å². The second kappa shape index (κ2) is 16.0. The molecule has 1 aromatic rings. The van der Waals surface area contributed by atoms with E-state index in [1.165, 1.54) is 5.56 Å². The molecule has 0 saturated carbocycles. The maximum absolute atomic E-state index is 5.66. The minimum atomic E-state index is -0.0673. The Balaban J connectivity index is 1.83. The van der Waals surface area contributed by atoms with Crippen molar-refractivity contribution in [2.24, 2.45) is 4.99 Å². The zero-order valence-corrected chi connectivity index (χ0v) is 20.3. The molecule has 0 bridgehead atoms. The Hall–Kier alpha value is -1.67. The average molecular weight is 449 g/mol. The van der Waals surface area contributed by atoms with Crippen LogP contribution in [-0.4, -0.2) is 70.8 Å². The van der Waals surface area contributed by atoms with Crippen molar-refractivity contribution in [3.63, 3.8) is 0 Å². The van der Waals surface area contributed by atoms with Gasteiger partial charge in [0.1, 0.15) is 0 Å². The van der Waals surface area contributed by atoms with Crippen LogP contribution in [0.5, 0.6) is 0 Å². The summed E-state index contributed by atoms with van der Waals surface area (Å²) < 4.78 is 16.8. The number of hydrogen-bond acceptors (Lipinski definition) is 5. The van der Waals surface area contributed by atoms with Crippen molar-refractivity contribution in [1.29, 1.82) is 0 Å². The topological polar surface area (TPSA) is 76.1 Å². The van der Waals surface area contributed by atoms with Crippen molar-refractivity contribution in [3.8, 4) is 0 Å². The Labute approximate surface area is 194 Å². The van der Waals surface area contributed by atoms with Crippen LogP contribution in [-0.2, 0) is 14.2 Å². The fourth-order valence-corrected chi connectivity index (χ4v) is 3.78. The van der Waals surface area contributed by atoms with Crippen molar-refractivity contribution < 1.29 is 14.2 Å². The lowest BCUT2D eigenvalue weighted by molar-refractivity contribution is 0.0374. The molecular formula is C25H44N4O3. The van der Waals surface area contributed by atoms with Crippen LogP contribution in [0.3, 0.4) is 0 Å². The quantitative estimate of drug-likeness (QED) is 0.217. The van der Waals surface area contributed by atoms with Gasteiger partial charge >= 0.3 is 0 Å². The van der Waals surface area contributed by atoms with Gasteiger partial charge in [0.05, 0.1) is 26.4 Å². The van der Waals surface area contributed by atoms with E-state index in [1.807, 2.05) is 0 Å². The largest absolute Gasteiger partial charge is 0.381 e. The van der Waals surface area contributed by atoms with Gasteiger partial charge in [0.25, 0.3) is 0 Å². The normalized spacial score (nSPS) is 17.2. The van der Waals surface area contributed by atoms with Crippen molar-refractivity contribution in [2.45, 2.75) is 58.0 Å². The SMILES string of the molecule is CCCCOCCOCCNC(=NCC1(NC(C)c2ccccc2)CCOCC1)NCC. The smallest absolute Gasteiger partial charge is 0.191 e. The Morgan fingerprint density at radius 1 is 1.03 bits per heavy atom. The summed E-state index contributed by atoms with van der Waals surface area (Å²) in [5.41, 5.74) is 1.23. The number of benzene rings is 1. The molecule has 7 heteroatoms. The molecule has 0 radical (unpaired) electrons. The Morgan fingerprint density at radius 3 is 2.44 bits per heavy atom. The van der Waals surface area contributed by atoms with E-state index in [4.69, 9.17) is 19.2 Å². The minimum Gasteiger partial charge on any atom is -0.381 e. The van der Waals surface area contributed by atoms with Crippen molar-refractivity contribution in [1.82, 2.24) is 16.0 Å². The Kier molecular flexibility index (Phi) is 13.3. The van der Waals surface area contributed by atoms with Gasteiger partial charge < -0.3 is 30.2 Å². The summed E-state index contributed by atoms with van der Waals surface area (Å²) in [6.07, 6.45) is 4.17. The van der Waals surface area contributed by atoms with Crippen LogP contribution in [0, 0.1) is 0 Å². The van der Waals surface area contributed by atoms with Crippen molar-refractivity contribution in [3.05, 3.63) is 35.9 Å². The van der Waals surface area contributed by atoms with E-state index >= 15 is 0 Å². The molecule has 1 aromatic carbocycles. The third kappa shape index (κ3) is 10.3. The summed E-state index contributed by atoms with van der Waals surface area (Å²) in [4.78, 5) is 4.92. The van der Waals surface area contributed by atoms with E-state index in [-0.39, 0.29) is 11.6 Å². The average Bonchev–Trinajstić information content (AvgIpc) is 2.82. The lowest BCUT2D eigenvalue weighted by Crippen LogP contribution is -2.53. The highest BCUT2D eigenvalue weighted by atomic mass is 16.5. The minimum absolute atomic E-state index is 0.0673. The van der Waals surface area contributed by atoms with Gasteiger partial charge in [-0.3, -0.25) is 4.99 Å². The Bertz CT molecular complexity index is 621. The van der Waals surface area contributed by atoms with E-state index in [9.17, 15) is 0 Å². The second-order valence-corrected chi connectivity index (χ2v) is 8.37. The summed E-state index contributed by atoms with van der Waals surface area (Å²) in [5, 5.41) is 10.6. The zero-order valence-electron chi connectivity index (χ0n) is 20.3. The molecule has 1 saturated heterocycles. The van der Waals surface area contributed by atoms with E-state index < -0.39 is 0 Å². The van der Waals surface area contributed by atoms with E-state index in [1.54, 1.807) is 0 Å². The van der Waals surface area contributed by atoms with Crippen LogP contribution in [0.25, 0.3) is 0 Å². The van der Waals surface area contributed by atoms with Gasteiger partial charge in [0, 0.05) is 44.5 Å². The van der Waals surface area contributed by atoms with Gasteiger partial charge in [-0.05, 0) is 38.7 Å². The first-order valence-corrected chi connectivity index (χ1v) is 12.3. The summed E-state index contributed by atoms with van der Waals surface area (Å²) >= 11 is 0. The maximum Gasteiger partial charge on any atom is 0.191 e. The highest BCUT2D eigenvalue weighted by Gasteiger charge is 2.34. The van der Waals surface area contributed by atoms with Crippen LogP contribution in [0.15, 0.2) is 35.3 Å². The predicted molar refractivity (Wildman–Crippen MR) is 131 cm³/mol. The lowest BCUT2D eigenvalue weighted by atomic mass is 9.88. The number of aliphatic imine (C=N–C) groups is 1. The first-order valence-electron chi connectivity index (χ1n) is 12.3. The van der Waals surface area contributed by atoms with Gasteiger partial charge in [-0.1, -0.05) is 43.7 Å². The third-order valence-corrected chi connectivity index (χ3v) is 5.71. The molecule has 7 nitrogen and oxygen atoms in total. The van der Waals surface area contributed by atoms with E-state index in [2.05, 4.69) is 67.1 Å². The standard InChI is InChI=1S/C25H44N4O3/c1-4-6-15-30-19-20-32-18-14-27-24(26-5-2)28-21-25(12-16-31-17-13-25)29-22(3)23-10-8-7-9-11-23/h7-11,22,29H,4-6,12-21H2,1-3H3,(H2,26,27,28). The van der Waals surface area contributed by atoms with Gasteiger partial charge in [-0.15, -0.1) is 0 Å². The molecule has 1 fully saturated rings. The molecule has 3 N–H and O–H groups in total. The number of nitrogens with zero attached hydrogens (tertiary/aromatic N) is 1.